The molecular weight excluding hydrogens is 380 g/mol. The Labute approximate surface area is 165 Å². The summed E-state index contributed by atoms with van der Waals surface area (Å²) in [4.78, 5) is 40.6. The quantitative estimate of drug-likeness (QED) is 0.633. The molecule has 1 aromatic carbocycles. The molecule has 0 saturated heterocycles. The zero-order valence-corrected chi connectivity index (χ0v) is 16.6. The van der Waals surface area contributed by atoms with Gasteiger partial charge in [-0.05, 0) is 20.8 Å². The Kier molecular flexibility index (Phi) is 5.84. The van der Waals surface area contributed by atoms with Gasteiger partial charge in [0.25, 0.3) is 5.56 Å². The van der Waals surface area contributed by atoms with Crippen molar-refractivity contribution in [1.29, 1.82) is 0 Å². The first-order chi connectivity index (χ1) is 13.4. The molecule has 0 aliphatic carbocycles. The Bertz CT molecular complexity index is 1090. The molecule has 0 saturated carbocycles. The van der Waals surface area contributed by atoms with E-state index in [0.29, 0.717) is 10.4 Å². The lowest BCUT2D eigenvalue weighted by molar-refractivity contribution is -0.143. The molecule has 8 nitrogen and oxygen atoms in total. The molecule has 0 aliphatic rings. The normalized spacial score (nSPS) is 10.8. The predicted molar refractivity (Wildman–Crippen MR) is 106 cm³/mol. The molecule has 28 heavy (non-hydrogen) atoms. The van der Waals surface area contributed by atoms with Crippen LogP contribution in [0.25, 0.3) is 21.5 Å². The maximum atomic E-state index is 12.7. The van der Waals surface area contributed by atoms with Crippen LogP contribution in [0.1, 0.15) is 17.5 Å². The molecule has 0 unspecified atom stereocenters. The predicted octanol–water partition coefficient (Wildman–Crippen LogP) is 1.82. The molecule has 1 N–H and O–H groups in total. The number of carbonyl (C=O) groups excluding carboxylic acids is 2. The van der Waals surface area contributed by atoms with E-state index < -0.39 is 17.4 Å². The molecule has 2 heterocycles. The monoisotopic (exact) mass is 400 g/mol. The first-order valence-electron chi connectivity index (χ1n) is 8.76. The molecule has 1 amide bonds. The van der Waals surface area contributed by atoms with E-state index in [1.165, 1.54) is 11.3 Å². The fourth-order valence-corrected chi connectivity index (χ4v) is 3.57. The van der Waals surface area contributed by atoms with E-state index in [-0.39, 0.29) is 25.2 Å². The molecule has 0 atom stereocenters. The second-order valence-electron chi connectivity index (χ2n) is 6.17. The number of rotatable bonds is 6. The van der Waals surface area contributed by atoms with E-state index in [1.54, 1.807) is 6.92 Å². The van der Waals surface area contributed by atoms with Gasteiger partial charge in [-0.15, -0.1) is 11.3 Å². The smallest absolute Gasteiger partial charge is 0.325 e. The third-order valence-corrected chi connectivity index (χ3v) is 4.94. The second kappa shape index (κ2) is 8.30. The van der Waals surface area contributed by atoms with Crippen molar-refractivity contribution in [3.05, 3.63) is 45.2 Å². The Morgan fingerprint density at radius 1 is 1.21 bits per heavy atom. The third-order valence-electron chi connectivity index (χ3n) is 3.96. The highest BCUT2D eigenvalue weighted by molar-refractivity contribution is 7.19. The van der Waals surface area contributed by atoms with Gasteiger partial charge in [0.15, 0.2) is 5.52 Å². The standard InChI is InChI=1S/C19H20N4O4S/c1-4-27-15(25)9-20-14(24)10-23-19(26)17-18(28-12(3)21-17)16(22-23)13-7-5-11(2)6-8-13/h5-8H,4,9-10H2,1-3H3,(H,20,24). The van der Waals surface area contributed by atoms with E-state index in [9.17, 15) is 14.4 Å². The first kappa shape index (κ1) is 19.7. The van der Waals surface area contributed by atoms with E-state index in [2.05, 4.69) is 15.4 Å². The van der Waals surface area contributed by atoms with E-state index in [0.717, 1.165) is 20.8 Å². The first-order valence-corrected chi connectivity index (χ1v) is 9.58. The summed E-state index contributed by atoms with van der Waals surface area (Å²) in [6, 6.07) is 7.75. The second-order valence-corrected chi connectivity index (χ2v) is 7.37. The van der Waals surface area contributed by atoms with Gasteiger partial charge < -0.3 is 10.1 Å². The average molecular weight is 400 g/mol. The number of fused-ring (bicyclic) bond motifs is 1. The summed E-state index contributed by atoms with van der Waals surface area (Å²) < 4.78 is 6.54. The highest BCUT2D eigenvalue weighted by atomic mass is 32.1. The molecule has 3 rings (SSSR count). The van der Waals surface area contributed by atoms with Crippen LogP contribution in [0.4, 0.5) is 0 Å². The third kappa shape index (κ3) is 4.25. The molecule has 9 heteroatoms. The number of ether oxygens (including phenoxy) is 1. The number of benzene rings is 1. The van der Waals surface area contributed by atoms with Gasteiger partial charge in [-0.2, -0.15) is 5.10 Å². The van der Waals surface area contributed by atoms with Crippen molar-refractivity contribution in [3.63, 3.8) is 0 Å². The molecule has 0 radical (unpaired) electrons. The van der Waals surface area contributed by atoms with Crippen LogP contribution in [-0.2, 0) is 20.9 Å². The van der Waals surface area contributed by atoms with Crippen LogP contribution in [-0.4, -0.2) is 39.8 Å². The van der Waals surface area contributed by atoms with Crippen molar-refractivity contribution in [2.45, 2.75) is 27.3 Å². The molecule has 2 aromatic heterocycles. The van der Waals surface area contributed by atoms with Gasteiger partial charge in [0, 0.05) is 5.56 Å². The van der Waals surface area contributed by atoms with Crippen LogP contribution in [0.5, 0.6) is 0 Å². The van der Waals surface area contributed by atoms with Crippen molar-refractivity contribution in [1.82, 2.24) is 20.1 Å². The maximum absolute atomic E-state index is 12.7. The minimum Gasteiger partial charge on any atom is -0.465 e. The molecule has 0 aliphatic heterocycles. The van der Waals surface area contributed by atoms with Crippen LogP contribution < -0.4 is 10.9 Å². The number of amides is 1. The largest absolute Gasteiger partial charge is 0.465 e. The highest BCUT2D eigenvalue weighted by Crippen LogP contribution is 2.29. The van der Waals surface area contributed by atoms with Crippen LogP contribution >= 0.6 is 11.3 Å². The Morgan fingerprint density at radius 3 is 2.61 bits per heavy atom. The van der Waals surface area contributed by atoms with Crippen molar-refractivity contribution < 1.29 is 14.3 Å². The Hall–Kier alpha value is -3.07. The number of hydrogen-bond donors (Lipinski definition) is 1. The van der Waals surface area contributed by atoms with E-state index in [4.69, 9.17) is 4.74 Å². The van der Waals surface area contributed by atoms with Crippen LogP contribution in [0, 0.1) is 13.8 Å². The summed E-state index contributed by atoms with van der Waals surface area (Å²) >= 11 is 1.39. The fourth-order valence-electron chi connectivity index (χ4n) is 2.65. The Balaban J connectivity index is 1.95. The molecule has 3 aromatic rings. The summed E-state index contributed by atoms with van der Waals surface area (Å²) in [7, 11) is 0. The van der Waals surface area contributed by atoms with E-state index in [1.807, 2.05) is 38.1 Å². The SMILES string of the molecule is CCOC(=O)CNC(=O)Cn1nc(-c2ccc(C)cc2)c2sc(C)nc2c1=O. The maximum Gasteiger partial charge on any atom is 0.325 e. The molecule has 0 bridgehead atoms. The minimum absolute atomic E-state index is 0.232. The molecule has 0 spiro atoms. The number of hydrogen-bond acceptors (Lipinski definition) is 7. The Morgan fingerprint density at radius 2 is 1.93 bits per heavy atom. The summed E-state index contributed by atoms with van der Waals surface area (Å²) in [6.45, 7) is 5.14. The van der Waals surface area contributed by atoms with Crippen molar-refractivity contribution in [2.24, 2.45) is 0 Å². The lowest BCUT2D eigenvalue weighted by atomic mass is 10.1. The average Bonchev–Trinajstić information content (AvgIpc) is 3.05. The number of aryl methyl sites for hydroxylation is 2. The van der Waals surface area contributed by atoms with Gasteiger partial charge in [-0.1, -0.05) is 29.8 Å². The van der Waals surface area contributed by atoms with Gasteiger partial charge in [-0.25, -0.2) is 9.67 Å². The summed E-state index contributed by atoms with van der Waals surface area (Å²) in [5, 5.41) is 7.59. The number of aromatic nitrogens is 3. The zero-order chi connectivity index (χ0) is 20.3. The molecular formula is C19H20N4O4S. The summed E-state index contributed by atoms with van der Waals surface area (Å²) in [5.74, 6) is -1.05. The highest BCUT2D eigenvalue weighted by Gasteiger charge is 2.18. The number of nitrogens with zero attached hydrogens (tertiary/aromatic N) is 3. The van der Waals surface area contributed by atoms with Crippen LogP contribution in [0.2, 0.25) is 0 Å². The number of thiazole rings is 1. The lowest BCUT2D eigenvalue weighted by Gasteiger charge is -2.09. The minimum atomic E-state index is -0.540. The lowest BCUT2D eigenvalue weighted by Crippen LogP contribution is -2.37. The van der Waals surface area contributed by atoms with Gasteiger partial charge in [0.05, 0.1) is 16.3 Å². The number of esters is 1. The number of carbonyl (C=O) groups is 2. The van der Waals surface area contributed by atoms with Gasteiger partial charge >= 0.3 is 5.97 Å². The van der Waals surface area contributed by atoms with Gasteiger partial charge in [0.1, 0.15) is 18.8 Å². The van der Waals surface area contributed by atoms with Crippen LogP contribution in [0.15, 0.2) is 29.1 Å². The van der Waals surface area contributed by atoms with Crippen molar-refractivity contribution in [3.8, 4) is 11.3 Å². The summed E-state index contributed by atoms with van der Waals surface area (Å²) in [6.07, 6.45) is 0. The topological polar surface area (TPSA) is 103 Å². The van der Waals surface area contributed by atoms with Gasteiger partial charge in [0.2, 0.25) is 5.91 Å². The molecule has 146 valence electrons. The summed E-state index contributed by atoms with van der Waals surface area (Å²) in [5.41, 5.74) is 2.37. The zero-order valence-electron chi connectivity index (χ0n) is 15.8. The van der Waals surface area contributed by atoms with Crippen molar-refractivity contribution >= 4 is 33.4 Å². The molecule has 0 fully saturated rings. The van der Waals surface area contributed by atoms with Gasteiger partial charge in [-0.3, -0.25) is 14.4 Å². The fraction of sp³-hybridized carbons (Fsp3) is 0.316. The number of nitrogens with one attached hydrogen (secondary N) is 1. The van der Waals surface area contributed by atoms with Crippen molar-refractivity contribution in [2.75, 3.05) is 13.2 Å². The van der Waals surface area contributed by atoms with E-state index >= 15 is 0 Å². The van der Waals surface area contributed by atoms with Crippen LogP contribution in [0.3, 0.4) is 0 Å².